The minimum atomic E-state index is -1.78. The van der Waals surface area contributed by atoms with Crippen LogP contribution in [-0.4, -0.2) is 36.9 Å². The SMILES string of the molecule is COC(=O)C1=C(C)C(C(=O)OC)(c2nccs2)C(=O)C(Br)=C1. The van der Waals surface area contributed by atoms with Crippen LogP contribution in [0.3, 0.4) is 0 Å². The normalized spacial score (nSPS) is 21.5. The monoisotopic (exact) mass is 385 g/mol. The van der Waals surface area contributed by atoms with Crippen LogP contribution >= 0.6 is 27.3 Å². The fraction of sp³-hybridized carbons (Fsp3) is 0.286. The Morgan fingerprint density at radius 3 is 2.50 bits per heavy atom. The minimum absolute atomic E-state index is 0.0825. The quantitative estimate of drug-likeness (QED) is 0.583. The lowest BCUT2D eigenvalue weighted by atomic mass is 9.72. The summed E-state index contributed by atoms with van der Waals surface area (Å²) in [5.41, 5.74) is -1.43. The molecule has 1 heterocycles. The summed E-state index contributed by atoms with van der Waals surface area (Å²) in [6.07, 6.45) is 2.83. The maximum absolute atomic E-state index is 12.8. The van der Waals surface area contributed by atoms with Gasteiger partial charge in [-0.15, -0.1) is 11.3 Å². The molecule has 0 amide bonds. The highest BCUT2D eigenvalue weighted by Gasteiger charge is 2.56. The van der Waals surface area contributed by atoms with E-state index in [0.29, 0.717) is 0 Å². The van der Waals surface area contributed by atoms with Gasteiger partial charge in [0.25, 0.3) is 0 Å². The van der Waals surface area contributed by atoms with Crippen molar-refractivity contribution in [2.45, 2.75) is 12.3 Å². The van der Waals surface area contributed by atoms with Gasteiger partial charge in [-0.1, -0.05) is 0 Å². The number of hydrogen-bond acceptors (Lipinski definition) is 7. The highest BCUT2D eigenvalue weighted by molar-refractivity contribution is 9.12. The Morgan fingerprint density at radius 2 is 2.00 bits per heavy atom. The topological polar surface area (TPSA) is 82.6 Å². The molecule has 0 aliphatic heterocycles. The number of methoxy groups -OCH3 is 2. The molecule has 1 unspecified atom stereocenters. The zero-order valence-electron chi connectivity index (χ0n) is 12.0. The number of esters is 2. The second kappa shape index (κ2) is 6.13. The van der Waals surface area contributed by atoms with Crippen molar-refractivity contribution in [1.82, 2.24) is 4.98 Å². The molecule has 1 aromatic rings. The Labute approximate surface area is 138 Å². The molecule has 2 rings (SSSR count). The first-order chi connectivity index (χ1) is 10.4. The van der Waals surface area contributed by atoms with E-state index in [9.17, 15) is 14.4 Å². The van der Waals surface area contributed by atoms with Crippen LogP contribution in [0.4, 0.5) is 0 Å². The second-order valence-corrected chi connectivity index (χ2v) is 6.18. The summed E-state index contributed by atoms with van der Waals surface area (Å²) >= 11 is 4.25. The number of ketones is 1. The first-order valence-corrected chi connectivity index (χ1v) is 7.78. The van der Waals surface area contributed by atoms with Crippen LogP contribution in [0, 0.1) is 0 Å². The molecule has 1 atom stereocenters. The van der Waals surface area contributed by atoms with Crippen molar-refractivity contribution in [2.75, 3.05) is 14.2 Å². The zero-order chi connectivity index (χ0) is 16.5. The molecule has 6 nitrogen and oxygen atoms in total. The third kappa shape index (κ3) is 2.22. The smallest absolute Gasteiger partial charge is 0.337 e. The number of nitrogens with zero attached hydrogens (tertiary/aromatic N) is 1. The number of halogens is 1. The highest BCUT2D eigenvalue weighted by atomic mass is 79.9. The summed E-state index contributed by atoms with van der Waals surface area (Å²) in [6.45, 7) is 1.53. The third-order valence-corrected chi connectivity index (χ3v) is 4.93. The van der Waals surface area contributed by atoms with E-state index in [1.807, 2.05) is 0 Å². The fourth-order valence-corrected chi connectivity index (χ4v) is 3.73. The van der Waals surface area contributed by atoms with Gasteiger partial charge in [-0.2, -0.15) is 0 Å². The van der Waals surface area contributed by atoms with Crippen molar-refractivity contribution in [3.05, 3.63) is 38.3 Å². The minimum Gasteiger partial charge on any atom is -0.468 e. The van der Waals surface area contributed by atoms with Crippen LogP contribution in [0.15, 0.2) is 33.3 Å². The van der Waals surface area contributed by atoms with E-state index in [4.69, 9.17) is 9.47 Å². The molecule has 8 heteroatoms. The second-order valence-electron chi connectivity index (χ2n) is 4.43. The van der Waals surface area contributed by atoms with Gasteiger partial charge in [-0.3, -0.25) is 9.59 Å². The number of thiazole rings is 1. The summed E-state index contributed by atoms with van der Waals surface area (Å²) in [5.74, 6) is -1.97. The van der Waals surface area contributed by atoms with Crippen LogP contribution in [0.5, 0.6) is 0 Å². The van der Waals surface area contributed by atoms with Crippen molar-refractivity contribution in [3.63, 3.8) is 0 Å². The molecule has 0 fully saturated rings. The molecule has 1 aliphatic carbocycles. The predicted molar refractivity (Wildman–Crippen MR) is 82.5 cm³/mol. The molecule has 0 saturated carbocycles. The van der Waals surface area contributed by atoms with E-state index >= 15 is 0 Å². The summed E-state index contributed by atoms with van der Waals surface area (Å²) < 4.78 is 9.65. The molecular formula is C14H12BrNO5S. The number of allylic oxidation sites excluding steroid dienone is 1. The number of rotatable bonds is 3. The molecule has 0 aromatic carbocycles. The largest absolute Gasteiger partial charge is 0.468 e. The molecule has 0 saturated heterocycles. The number of hydrogen-bond donors (Lipinski definition) is 0. The predicted octanol–water partition coefficient (Wildman–Crippen LogP) is 1.90. The standard InChI is InChI=1S/C14H12BrNO5S/c1-7-8(11(18)20-2)6-9(15)10(17)14(7,13(19)21-3)12-16-4-5-22-12/h4-6H,1-3H3. The third-order valence-electron chi connectivity index (χ3n) is 3.45. The first kappa shape index (κ1) is 16.6. The Hall–Kier alpha value is -1.80. The summed E-state index contributed by atoms with van der Waals surface area (Å²) in [7, 11) is 2.41. The van der Waals surface area contributed by atoms with Gasteiger partial charge >= 0.3 is 11.9 Å². The van der Waals surface area contributed by atoms with Gasteiger partial charge in [0.2, 0.25) is 5.41 Å². The number of carbonyl (C=O) groups excluding carboxylic acids is 3. The van der Waals surface area contributed by atoms with Crippen LogP contribution in [0.2, 0.25) is 0 Å². The van der Waals surface area contributed by atoms with Crippen LogP contribution in [-0.2, 0) is 29.3 Å². The summed E-state index contributed by atoms with van der Waals surface area (Å²) in [6, 6.07) is 0. The zero-order valence-corrected chi connectivity index (χ0v) is 14.4. The highest BCUT2D eigenvalue weighted by Crippen LogP contribution is 2.44. The van der Waals surface area contributed by atoms with Crippen LogP contribution in [0.1, 0.15) is 11.9 Å². The average molecular weight is 386 g/mol. The fourth-order valence-electron chi connectivity index (χ4n) is 2.33. The van der Waals surface area contributed by atoms with Gasteiger partial charge in [0, 0.05) is 11.6 Å². The van der Waals surface area contributed by atoms with E-state index in [-0.39, 0.29) is 20.6 Å². The van der Waals surface area contributed by atoms with Gasteiger partial charge in [0.1, 0.15) is 5.01 Å². The average Bonchev–Trinajstić information content (AvgIpc) is 3.05. The molecule has 116 valence electrons. The maximum Gasteiger partial charge on any atom is 0.337 e. The van der Waals surface area contributed by atoms with Crippen LogP contribution < -0.4 is 0 Å². The van der Waals surface area contributed by atoms with Crippen molar-refractivity contribution < 1.29 is 23.9 Å². The van der Waals surface area contributed by atoms with E-state index in [1.54, 1.807) is 5.38 Å². The van der Waals surface area contributed by atoms with E-state index < -0.39 is 23.1 Å². The Morgan fingerprint density at radius 1 is 1.32 bits per heavy atom. The number of Topliss-reactive ketones (excluding diaryl/α,β-unsaturated/α-hetero) is 1. The van der Waals surface area contributed by atoms with Crippen molar-refractivity contribution in [2.24, 2.45) is 0 Å². The number of carbonyl (C=O) groups is 3. The molecule has 0 spiro atoms. The van der Waals surface area contributed by atoms with E-state index in [0.717, 1.165) is 11.3 Å². The Balaban J connectivity index is 2.84. The lowest BCUT2D eigenvalue weighted by Crippen LogP contribution is -2.48. The lowest BCUT2D eigenvalue weighted by molar-refractivity contribution is -0.149. The lowest BCUT2D eigenvalue weighted by Gasteiger charge is -2.32. The maximum atomic E-state index is 12.8. The first-order valence-electron chi connectivity index (χ1n) is 6.11. The summed E-state index contributed by atoms with van der Waals surface area (Å²) in [4.78, 5) is 41.3. The molecular weight excluding hydrogens is 374 g/mol. The molecule has 22 heavy (non-hydrogen) atoms. The van der Waals surface area contributed by atoms with E-state index in [2.05, 4.69) is 20.9 Å². The van der Waals surface area contributed by atoms with Gasteiger partial charge in [-0.25, -0.2) is 9.78 Å². The van der Waals surface area contributed by atoms with E-state index in [1.165, 1.54) is 33.4 Å². The molecule has 1 aliphatic rings. The number of ether oxygens (including phenoxy) is 2. The summed E-state index contributed by atoms with van der Waals surface area (Å²) in [5, 5.41) is 1.89. The Kier molecular flexibility index (Phi) is 4.62. The molecule has 0 bridgehead atoms. The molecule has 1 aromatic heterocycles. The van der Waals surface area contributed by atoms with Crippen LogP contribution in [0.25, 0.3) is 0 Å². The molecule has 0 N–H and O–H groups in total. The van der Waals surface area contributed by atoms with Gasteiger partial charge in [0.05, 0.1) is 24.3 Å². The number of aromatic nitrogens is 1. The van der Waals surface area contributed by atoms with Gasteiger partial charge in [0.15, 0.2) is 5.78 Å². The Bertz CT molecular complexity index is 707. The van der Waals surface area contributed by atoms with Crippen molar-refractivity contribution in [1.29, 1.82) is 0 Å². The van der Waals surface area contributed by atoms with Crippen molar-refractivity contribution in [3.8, 4) is 0 Å². The van der Waals surface area contributed by atoms with Gasteiger partial charge < -0.3 is 9.47 Å². The molecule has 0 radical (unpaired) electrons. The van der Waals surface area contributed by atoms with Crippen molar-refractivity contribution >= 4 is 45.0 Å². The van der Waals surface area contributed by atoms with Gasteiger partial charge in [-0.05, 0) is 34.5 Å².